The van der Waals surface area contributed by atoms with Crippen LogP contribution in [0.5, 0.6) is 0 Å². The van der Waals surface area contributed by atoms with Crippen molar-refractivity contribution >= 4 is 18.3 Å². The van der Waals surface area contributed by atoms with Gasteiger partial charge in [-0.15, -0.1) is 0 Å². The van der Waals surface area contributed by atoms with Crippen LogP contribution in [0, 0.1) is 0 Å². The van der Waals surface area contributed by atoms with Crippen LogP contribution in [0.1, 0.15) is 48.5 Å². The lowest BCUT2D eigenvalue weighted by atomic mass is 9.78. The highest BCUT2D eigenvalue weighted by Crippen LogP contribution is 2.37. The SMILES string of the molecule is CC(C)(C)ONc1ccccc1B1OC(C)(C)C(C)(C)O1. The third kappa shape index (κ3) is 3.60. The van der Waals surface area contributed by atoms with Crippen molar-refractivity contribution in [1.82, 2.24) is 0 Å². The fourth-order valence-electron chi connectivity index (χ4n) is 1.97. The Hall–Kier alpha value is -1.04. The normalized spacial score (nSPS) is 20.6. The fraction of sp³-hybridized carbons (Fsp3) is 0.625. The molecule has 4 nitrogen and oxygen atoms in total. The molecular formula is C16H26BNO3. The maximum absolute atomic E-state index is 6.10. The second-order valence-electron chi connectivity index (χ2n) is 7.49. The molecule has 1 aromatic rings. The van der Waals surface area contributed by atoms with Gasteiger partial charge in [-0.25, -0.2) is 0 Å². The summed E-state index contributed by atoms with van der Waals surface area (Å²) in [6.45, 7) is 14.2. The first-order chi connectivity index (χ1) is 9.52. The summed E-state index contributed by atoms with van der Waals surface area (Å²) < 4.78 is 12.2. The minimum atomic E-state index is -0.401. The molecule has 0 bridgehead atoms. The summed E-state index contributed by atoms with van der Waals surface area (Å²) in [5.74, 6) is 0. The molecule has 0 radical (unpaired) electrons. The van der Waals surface area contributed by atoms with E-state index >= 15 is 0 Å². The van der Waals surface area contributed by atoms with Crippen LogP contribution in [0.15, 0.2) is 24.3 Å². The molecule has 0 aliphatic carbocycles. The molecule has 5 heteroatoms. The van der Waals surface area contributed by atoms with Gasteiger partial charge < -0.3 is 9.31 Å². The number of nitrogens with one attached hydrogen (secondary N) is 1. The second kappa shape index (κ2) is 5.31. The van der Waals surface area contributed by atoms with E-state index in [1.54, 1.807) is 0 Å². The third-order valence-electron chi connectivity index (χ3n) is 3.94. The lowest BCUT2D eigenvalue weighted by Gasteiger charge is -2.32. The first kappa shape index (κ1) is 16.3. The molecule has 0 spiro atoms. The second-order valence-corrected chi connectivity index (χ2v) is 7.49. The van der Waals surface area contributed by atoms with Gasteiger partial charge in [0.2, 0.25) is 0 Å². The molecular weight excluding hydrogens is 265 g/mol. The van der Waals surface area contributed by atoms with E-state index in [0.29, 0.717) is 0 Å². The van der Waals surface area contributed by atoms with Crippen molar-refractivity contribution in [1.29, 1.82) is 0 Å². The van der Waals surface area contributed by atoms with Crippen LogP contribution >= 0.6 is 0 Å². The molecule has 21 heavy (non-hydrogen) atoms. The van der Waals surface area contributed by atoms with Crippen molar-refractivity contribution < 1.29 is 14.1 Å². The number of anilines is 1. The average molecular weight is 291 g/mol. The summed E-state index contributed by atoms with van der Waals surface area (Å²) in [5.41, 5.74) is 3.86. The van der Waals surface area contributed by atoms with Crippen LogP contribution in [0.25, 0.3) is 0 Å². The molecule has 116 valence electrons. The number of rotatable bonds is 3. The largest absolute Gasteiger partial charge is 0.497 e. The molecule has 2 rings (SSSR count). The van der Waals surface area contributed by atoms with E-state index in [1.807, 2.05) is 45.0 Å². The van der Waals surface area contributed by atoms with Gasteiger partial charge in [-0.3, -0.25) is 10.3 Å². The molecule has 1 aliphatic heterocycles. The minimum Gasteiger partial charge on any atom is -0.399 e. The van der Waals surface area contributed by atoms with Crippen molar-refractivity contribution in [3.8, 4) is 0 Å². The first-order valence-corrected chi connectivity index (χ1v) is 7.40. The number of para-hydroxylation sites is 1. The van der Waals surface area contributed by atoms with E-state index in [4.69, 9.17) is 14.1 Å². The Morgan fingerprint density at radius 2 is 1.52 bits per heavy atom. The Balaban J connectivity index is 2.22. The van der Waals surface area contributed by atoms with Gasteiger partial charge in [0.05, 0.1) is 22.5 Å². The molecule has 1 heterocycles. The Labute approximate surface area is 128 Å². The van der Waals surface area contributed by atoms with Crippen LogP contribution in [-0.2, 0) is 14.1 Å². The van der Waals surface area contributed by atoms with Crippen molar-refractivity contribution in [3.05, 3.63) is 24.3 Å². The van der Waals surface area contributed by atoms with Gasteiger partial charge in [-0.05, 0) is 54.5 Å². The van der Waals surface area contributed by atoms with Gasteiger partial charge in [0.25, 0.3) is 0 Å². The molecule has 0 saturated carbocycles. The molecule has 1 fully saturated rings. The van der Waals surface area contributed by atoms with Gasteiger partial charge >= 0.3 is 7.12 Å². The average Bonchev–Trinajstić information content (AvgIpc) is 2.55. The summed E-state index contributed by atoms with van der Waals surface area (Å²) in [6.07, 6.45) is 0. The summed E-state index contributed by atoms with van der Waals surface area (Å²) in [5, 5.41) is 0. The maximum atomic E-state index is 6.10. The standard InChI is InChI=1S/C16H26BNO3/c1-14(2,3)21-18-13-11-9-8-10-12(13)17-19-15(4,5)16(6,7)20-17/h8-11,18H,1-7H3. The van der Waals surface area contributed by atoms with Crippen LogP contribution < -0.4 is 10.9 Å². The maximum Gasteiger partial charge on any atom is 0.497 e. The van der Waals surface area contributed by atoms with Gasteiger partial charge in [0.15, 0.2) is 0 Å². The van der Waals surface area contributed by atoms with Crippen LogP contribution in [0.4, 0.5) is 5.69 Å². The van der Waals surface area contributed by atoms with Crippen LogP contribution in [0.2, 0.25) is 0 Å². The summed E-state index contributed by atoms with van der Waals surface area (Å²) in [6, 6.07) is 7.90. The van der Waals surface area contributed by atoms with Crippen molar-refractivity contribution in [2.45, 2.75) is 65.3 Å². The van der Waals surface area contributed by atoms with Crippen LogP contribution in [-0.4, -0.2) is 23.9 Å². The van der Waals surface area contributed by atoms with E-state index in [9.17, 15) is 0 Å². The third-order valence-corrected chi connectivity index (χ3v) is 3.94. The Morgan fingerprint density at radius 1 is 1.00 bits per heavy atom. The zero-order chi connectivity index (χ0) is 15.9. The van der Waals surface area contributed by atoms with Crippen molar-refractivity contribution in [3.63, 3.8) is 0 Å². The van der Waals surface area contributed by atoms with Crippen LogP contribution in [0.3, 0.4) is 0 Å². The van der Waals surface area contributed by atoms with E-state index in [1.165, 1.54) is 0 Å². The predicted molar refractivity (Wildman–Crippen MR) is 86.6 cm³/mol. The molecule has 0 aromatic heterocycles. The van der Waals surface area contributed by atoms with Gasteiger partial charge in [0, 0.05) is 5.46 Å². The molecule has 1 aliphatic rings. The highest BCUT2D eigenvalue weighted by molar-refractivity contribution is 6.63. The fourth-order valence-corrected chi connectivity index (χ4v) is 1.97. The summed E-state index contributed by atoms with van der Waals surface area (Å²) in [4.78, 5) is 5.66. The van der Waals surface area contributed by atoms with Gasteiger partial charge in [-0.1, -0.05) is 18.2 Å². The molecule has 1 saturated heterocycles. The van der Waals surface area contributed by atoms with Crippen molar-refractivity contribution in [2.75, 3.05) is 5.48 Å². The van der Waals surface area contributed by atoms with Gasteiger partial charge in [-0.2, -0.15) is 0 Å². The Bertz CT molecular complexity index is 492. The summed E-state index contributed by atoms with van der Waals surface area (Å²) >= 11 is 0. The molecule has 0 amide bonds. The lowest BCUT2D eigenvalue weighted by Crippen LogP contribution is -2.41. The zero-order valence-electron chi connectivity index (χ0n) is 14.1. The lowest BCUT2D eigenvalue weighted by molar-refractivity contribution is 0.00578. The zero-order valence-corrected chi connectivity index (χ0v) is 14.1. The topological polar surface area (TPSA) is 39.7 Å². The molecule has 1 aromatic carbocycles. The molecule has 0 unspecified atom stereocenters. The Morgan fingerprint density at radius 3 is 2.05 bits per heavy atom. The van der Waals surface area contributed by atoms with Gasteiger partial charge in [0.1, 0.15) is 0 Å². The number of benzene rings is 1. The van der Waals surface area contributed by atoms with Crippen molar-refractivity contribution in [2.24, 2.45) is 0 Å². The van der Waals surface area contributed by atoms with E-state index in [0.717, 1.165) is 11.2 Å². The first-order valence-electron chi connectivity index (χ1n) is 7.40. The van der Waals surface area contributed by atoms with E-state index < -0.39 is 7.12 Å². The molecule has 1 N–H and O–H groups in total. The minimum absolute atomic E-state index is 0.275. The highest BCUT2D eigenvalue weighted by atomic mass is 16.7. The molecule has 0 atom stereocenters. The Kier molecular flexibility index (Phi) is 4.13. The number of hydrogen-bond donors (Lipinski definition) is 1. The quantitative estimate of drug-likeness (QED) is 0.686. The highest BCUT2D eigenvalue weighted by Gasteiger charge is 2.52. The summed E-state index contributed by atoms with van der Waals surface area (Å²) in [7, 11) is -0.401. The smallest absolute Gasteiger partial charge is 0.399 e. The van der Waals surface area contributed by atoms with E-state index in [2.05, 4.69) is 33.2 Å². The predicted octanol–water partition coefficient (Wildman–Crippen LogP) is 3.13. The monoisotopic (exact) mass is 291 g/mol. The van der Waals surface area contributed by atoms with E-state index in [-0.39, 0.29) is 16.8 Å². The number of hydrogen-bond acceptors (Lipinski definition) is 4.